The number of amides is 3. The van der Waals surface area contributed by atoms with E-state index in [2.05, 4.69) is 5.32 Å². The van der Waals surface area contributed by atoms with Gasteiger partial charge in [0.1, 0.15) is 5.82 Å². The van der Waals surface area contributed by atoms with Gasteiger partial charge < -0.3 is 19.7 Å². The summed E-state index contributed by atoms with van der Waals surface area (Å²) in [7, 11) is 3.04. The third kappa shape index (κ3) is 5.21. The molecule has 3 aromatic rings. The van der Waals surface area contributed by atoms with Crippen molar-refractivity contribution in [1.29, 1.82) is 0 Å². The molecule has 0 unspecified atom stereocenters. The third-order valence-electron chi connectivity index (χ3n) is 5.97. The van der Waals surface area contributed by atoms with E-state index >= 15 is 0 Å². The maximum Gasteiger partial charge on any atom is 0.324 e. The van der Waals surface area contributed by atoms with Crippen LogP contribution in [0.4, 0.5) is 20.6 Å². The van der Waals surface area contributed by atoms with Crippen LogP contribution in [0.3, 0.4) is 0 Å². The second-order valence-corrected chi connectivity index (χ2v) is 8.35. The highest BCUT2D eigenvalue weighted by Gasteiger charge is 2.29. The predicted octanol–water partition coefficient (Wildman–Crippen LogP) is 5.24. The normalized spacial score (nSPS) is 13.5. The number of rotatable bonds is 7. The predicted molar refractivity (Wildman–Crippen MR) is 133 cm³/mol. The first-order chi connectivity index (χ1) is 16.9. The van der Waals surface area contributed by atoms with Crippen molar-refractivity contribution in [1.82, 2.24) is 4.90 Å². The summed E-state index contributed by atoms with van der Waals surface area (Å²) in [5.74, 6) is 0.287. The number of aryl methyl sites for hydroxylation is 1. The molecule has 0 bridgehead atoms. The molecule has 0 aliphatic carbocycles. The van der Waals surface area contributed by atoms with Gasteiger partial charge in [-0.15, -0.1) is 0 Å². The van der Waals surface area contributed by atoms with Crippen LogP contribution in [0.25, 0.3) is 0 Å². The maximum absolute atomic E-state index is 14.2. The molecule has 0 spiro atoms. The van der Waals surface area contributed by atoms with E-state index in [4.69, 9.17) is 9.47 Å². The molecule has 35 heavy (non-hydrogen) atoms. The van der Waals surface area contributed by atoms with Gasteiger partial charge in [0.2, 0.25) is 0 Å². The van der Waals surface area contributed by atoms with Crippen molar-refractivity contribution >= 4 is 23.3 Å². The zero-order valence-corrected chi connectivity index (χ0v) is 20.0. The molecule has 0 aromatic heterocycles. The van der Waals surface area contributed by atoms with Crippen LogP contribution in [-0.2, 0) is 6.54 Å². The van der Waals surface area contributed by atoms with Gasteiger partial charge >= 0.3 is 6.03 Å². The van der Waals surface area contributed by atoms with E-state index in [0.717, 1.165) is 12.0 Å². The summed E-state index contributed by atoms with van der Waals surface area (Å²) >= 11 is 0. The van der Waals surface area contributed by atoms with E-state index in [0.29, 0.717) is 47.1 Å². The van der Waals surface area contributed by atoms with E-state index in [1.165, 1.54) is 20.3 Å². The van der Waals surface area contributed by atoms with Crippen LogP contribution in [0, 0.1) is 12.7 Å². The Morgan fingerprint density at radius 2 is 1.77 bits per heavy atom. The lowest BCUT2D eigenvalue weighted by Gasteiger charge is -2.36. The van der Waals surface area contributed by atoms with Crippen molar-refractivity contribution in [3.05, 3.63) is 83.2 Å². The fraction of sp³-hybridized carbons (Fsp3) is 0.259. The second-order valence-electron chi connectivity index (χ2n) is 8.35. The first-order valence-corrected chi connectivity index (χ1v) is 11.3. The number of carbonyl (C=O) groups is 2. The van der Waals surface area contributed by atoms with Crippen molar-refractivity contribution in [3.63, 3.8) is 0 Å². The highest BCUT2D eigenvalue weighted by Crippen LogP contribution is 2.32. The zero-order chi connectivity index (χ0) is 24.9. The Kier molecular flexibility index (Phi) is 7.19. The quantitative estimate of drug-likeness (QED) is 0.506. The smallest absolute Gasteiger partial charge is 0.324 e. The Hall–Kier alpha value is -4.07. The lowest BCUT2D eigenvalue weighted by atomic mass is 10.1. The van der Waals surface area contributed by atoms with E-state index in [9.17, 15) is 14.0 Å². The molecular formula is C27H28FN3O4. The minimum absolute atomic E-state index is 0.182. The fourth-order valence-electron chi connectivity index (χ4n) is 4.14. The number of anilines is 2. The number of methoxy groups -OCH3 is 2. The van der Waals surface area contributed by atoms with Crippen LogP contribution in [-0.4, -0.2) is 44.1 Å². The molecule has 3 amide bonds. The minimum Gasteiger partial charge on any atom is -0.493 e. The standard InChI is InChI=1S/C27H28FN3O4/c1-18-9-11-23(22(15-18)29-26(32)19-10-12-24(34-2)25(16-19)35-3)31-14-6-13-30(27(31)33)17-20-7-4-5-8-21(20)28/h4-5,7-12,15-16H,6,13-14,17H2,1-3H3,(H,29,32). The molecule has 0 radical (unpaired) electrons. The summed E-state index contributed by atoms with van der Waals surface area (Å²) in [4.78, 5) is 29.7. The molecule has 8 heteroatoms. The molecule has 1 N–H and O–H groups in total. The third-order valence-corrected chi connectivity index (χ3v) is 5.97. The second kappa shape index (κ2) is 10.5. The highest BCUT2D eigenvalue weighted by atomic mass is 19.1. The Morgan fingerprint density at radius 1 is 1.00 bits per heavy atom. The van der Waals surface area contributed by atoms with Gasteiger partial charge in [0.25, 0.3) is 5.91 Å². The van der Waals surface area contributed by atoms with Crippen molar-refractivity contribution < 1.29 is 23.5 Å². The Bertz CT molecular complexity index is 1250. The summed E-state index contributed by atoms with van der Waals surface area (Å²) in [6.07, 6.45) is 0.719. The topological polar surface area (TPSA) is 71.1 Å². The van der Waals surface area contributed by atoms with Crippen LogP contribution in [0.1, 0.15) is 27.9 Å². The lowest BCUT2D eigenvalue weighted by Crippen LogP contribution is -2.49. The number of ether oxygens (including phenoxy) is 2. The van der Waals surface area contributed by atoms with Gasteiger partial charge in [-0.25, -0.2) is 9.18 Å². The van der Waals surface area contributed by atoms with Gasteiger partial charge in [0.15, 0.2) is 11.5 Å². The Balaban J connectivity index is 1.59. The van der Waals surface area contributed by atoms with Gasteiger partial charge in [-0.2, -0.15) is 0 Å². The molecule has 0 atom stereocenters. The zero-order valence-electron chi connectivity index (χ0n) is 20.0. The average molecular weight is 478 g/mol. The van der Waals surface area contributed by atoms with Crippen LogP contribution in [0.2, 0.25) is 0 Å². The summed E-state index contributed by atoms with van der Waals surface area (Å²) in [6, 6.07) is 16.7. The number of hydrogen-bond donors (Lipinski definition) is 1. The lowest BCUT2D eigenvalue weighted by molar-refractivity contribution is 0.102. The van der Waals surface area contributed by atoms with Gasteiger partial charge in [-0.1, -0.05) is 24.3 Å². The summed E-state index contributed by atoms with van der Waals surface area (Å²) in [6.45, 7) is 3.12. The van der Waals surface area contributed by atoms with Crippen molar-refractivity contribution in [2.24, 2.45) is 0 Å². The molecule has 0 saturated carbocycles. The first kappa shape index (κ1) is 24.1. The largest absolute Gasteiger partial charge is 0.493 e. The maximum atomic E-state index is 14.2. The SMILES string of the molecule is COc1ccc(C(=O)Nc2cc(C)ccc2N2CCCN(Cc3ccccc3F)C2=O)cc1OC. The van der Waals surface area contributed by atoms with E-state index < -0.39 is 0 Å². The molecule has 1 aliphatic heterocycles. The minimum atomic E-state index is -0.342. The number of nitrogens with zero attached hydrogens (tertiary/aromatic N) is 2. The van der Waals surface area contributed by atoms with E-state index in [1.54, 1.807) is 46.2 Å². The Morgan fingerprint density at radius 3 is 2.51 bits per heavy atom. The average Bonchev–Trinajstić information content (AvgIpc) is 2.86. The van der Waals surface area contributed by atoms with Crippen molar-refractivity contribution in [2.45, 2.75) is 19.9 Å². The van der Waals surface area contributed by atoms with Gasteiger partial charge in [-0.3, -0.25) is 9.69 Å². The van der Waals surface area contributed by atoms with E-state index in [1.807, 2.05) is 25.1 Å². The number of urea groups is 1. The van der Waals surface area contributed by atoms with E-state index in [-0.39, 0.29) is 24.3 Å². The molecule has 1 aliphatic rings. The number of carbonyl (C=O) groups excluding carboxylic acids is 2. The van der Waals surface area contributed by atoms with Gasteiger partial charge in [-0.05, 0) is 55.3 Å². The molecule has 1 fully saturated rings. The number of benzene rings is 3. The molecule has 4 rings (SSSR count). The highest BCUT2D eigenvalue weighted by molar-refractivity contribution is 6.08. The summed E-state index contributed by atoms with van der Waals surface area (Å²) in [5.41, 5.74) is 2.90. The van der Waals surface area contributed by atoms with Crippen LogP contribution in [0.5, 0.6) is 11.5 Å². The van der Waals surface area contributed by atoms with Crippen molar-refractivity contribution in [3.8, 4) is 11.5 Å². The molecule has 7 nitrogen and oxygen atoms in total. The molecule has 1 saturated heterocycles. The monoisotopic (exact) mass is 477 g/mol. The molecule has 3 aromatic carbocycles. The Labute approximate surface area is 204 Å². The molecule has 182 valence electrons. The number of nitrogens with one attached hydrogen (secondary N) is 1. The van der Waals surface area contributed by atoms with Gasteiger partial charge in [0, 0.05) is 24.2 Å². The van der Waals surface area contributed by atoms with Crippen LogP contribution in [0.15, 0.2) is 60.7 Å². The molecule has 1 heterocycles. The summed E-state index contributed by atoms with van der Waals surface area (Å²) < 4.78 is 24.7. The number of halogens is 1. The molecular weight excluding hydrogens is 449 g/mol. The summed E-state index contributed by atoms with van der Waals surface area (Å²) in [5, 5.41) is 2.94. The van der Waals surface area contributed by atoms with Crippen LogP contribution < -0.4 is 19.7 Å². The van der Waals surface area contributed by atoms with Crippen LogP contribution >= 0.6 is 0 Å². The van der Waals surface area contributed by atoms with Gasteiger partial charge in [0.05, 0.1) is 32.1 Å². The number of hydrogen-bond acceptors (Lipinski definition) is 4. The fourth-order valence-corrected chi connectivity index (χ4v) is 4.14. The van der Waals surface area contributed by atoms with Crippen molar-refractivity contribution in [2.75, 3.05) is 37.5 Å². The first-order valence-electron chi connectivity index (χ1n) is 11.3.